The van der Waals surface area contributed by atoms with E-state index >= 15 is 0 Å². The zero-order chi connectivity index (χ0) is 14.5. The number of nitrogen functional groups attached to an aromatic ring is 2. The lowest BCUT2D eigenvalue weighted by molar-refractivity contribution is 1.36. The number of nitrogens with two attached hydrogens (primary N) is 2. The van der Waals surface area contributed by atoms with Gasteiger partial charge in [-0.3, -0.25) is 0 Å². The molecule has 0 aliphatic carbocycles. The Hall–Kier alpha value is -1.26. The Kier molecular flexibility index (Phi) is 5.26. The van der Waals surface area contributed by atoms with Crippen molar-refractivity contribution < 1.29 is 0 Å². The summed E-state index contributed by atoms with van der Waals surface area (Å²) in [5, 5.41) is 0. The predicted molar refractivity (Wildman–Crippen MR) is 93.5 cm³/mol. The Balaban J connectivity index is 2.55. The second kappa shape index (κ2) is 6.95. The molecule has 0 amide bonds. The average Bonchev–Trinajstić information content (AvgIpc) is 2.41. The van der Waals surface area contributed by atoms with Gasteiger partial charge >= 0.3 is 0 Å². The molecule has 2 rings (SSSR count). The van der Waals surface area contributed by atoms with E-state index in [1.807, 2.05) is 35.7 Å². The summed E-state index contributed by atoms with van der Waals surface area (Å²) in [5.41, 5.74) is 15.9. The van der Waals surface area contributed by atoms with Crippen LogP contribution in [0.1, 0.15) is 13.8 Å². The minimum atomic E-state index is 0.810. The molecular formula is C16H20N2S2. The molecule has 2 nitrogen and oxygen atoms in total. The summed E-state index contributed by atoms with van der Waals surface area (Å²) in [5.74, 6) is 2.06. The predicted octanol–water partition coefficient (Wildman–Crippen LogP) is 4.74. The summed E-state index contributed by atoms with van der Waals surface area (Å²) in [6.07, 6.45) is 0. The van der Waals surface area contributed by atoms with Crippen molar-refractivity contribution in [2.45, 2.75) is 23.6 Å². The van der Waals surface area contributed by atoms with E-state index in [0.717, 1.165) is 22.9 Å². The molecule has 20 heavy (non-hydrogen) atoms. The highest BCUT2D eigenvalue weighted by Crippen LogP contribution is 2.39. The molecule has 0 saturated heterocycles. The van der Waals surface area contributed by atoms with Crippen LogP contribution >= 0.6 is 23.5 Å². The van der Waals surface area contributed by atoms with Crippen molar-refractivity contribution in [2.24, 2.45) is 0 Å². The van der Waals surface area contributed by atoms with Crippen molar-refractivity contribution in [3.8, 4) is 11.1 Å². The number of hydrogen-bond acceptors (Lipinski definition) is 4. The van der Waals surface area contributed by atoms with E-state index in [1.165, 1.54) is 20.9 Å². The lowest BCUT2D eigenvalue weighted by Gasteiger charge is -2.14. The largest absolute Gasteiger partial charge is 0.399 e. The standard InChI is InChI=1S/C16H20N2S2/c1-3-19-15-9-11(17)5-7-13(15)14-8-6-12(18)10-16(14)20-4-2/h5-10H,3-4,17-18H2,1-2H3. The van der Waals surface area contributed by atoms with Gasteiger partial charge in [-0.05, 0) is 46.9 Å². The van der Waals surface area contributed by atoms with Crippen molar-refractivity contribution in [2.75, 3.05) is 23.0 Å². The molecule has 2 aromatic carbocycles. The first-order valence-electron chi connectivity index (χ1n) is 6.70. The summed E-state index contributed by atoms with van der Waals surface area (Å²) in [6.45, 7) is 4.31. The lowest BCUT2D eigenvalue weighted by Crippen LogP contribution is -1.92. The zero-order valence-electron chi connectivity index (χ0n) is 11.8. The molecule has 0 atom stereocenters. The van der Waals surface area contributed by atoms with E-state index < -0.39 is 0 Å². The van der Waals surface area contributed by atoms with Gasteiger partial charge in [0.1, 0.15) is 0 Å². The minimum absolute atomic E-state index is 0.810. The Morgan fingerprint density at radius 3 is 1.50 bits per heavy atom. The molecule has 0 heterocycles. The number of thioether (sulfide) groups is 2. The fraction of sp³-hybridized carbons (Fsp3) is 0.250. The van der Waals surface area contributed by atoms with Gasteiger partial charge in [0.05, 0.1) is 0 Å². The maximum absolute atomic E-state index is 5.92. The first kappa shape index (κ1) is 15.1. The summed E-state index contributed by atoms with van der Waals surface area (Å²) in [4.78, 5) is 2.46. The number of benzene rings is 2. The van der Waals surface area contributed by atoms with Crippen LogP contribution < -0.4 is 11.5 Å². The molecule has 2 aromatic rings. The Bertz CT molecular complexity index is 544. The smallest absolute Gasteiger partial charge is 0.0325 e. The van der Waals surface area contributed by atoms with Crippen LogP contribution in [0.5, 0.6) is 0 Å². The highest BCUT2D eigenvalue weighted by atomic mass is 32.2. The van der Waals surface area contributed by atoms with Gasteiger partial charge in [0.15, 0.2) is 0 Å². The van der Waals surface area contributed by atoms with E-state index in [9.17, 15) is 0 Å². The summed E-state index contributed by atoms with van der Waals surface area (Å²) in [7, 11) is 0. The highest BCUT2D eigenvalue weighted by molar-refractivity contribution is 7.99. The number of hydrogen-bond donors (Lipinski definition) is 2. The molecular weight excluding hydrogens is 284 g/mol. The summed E-state index contributed by atoms with van der Waals surface area (Å²) < 4.78 is 0. The van der Waals surface area contributed by atoms with E-state index in [1.54, 1.807) is 0 Å². The van der Waals surface area contributed by atoms with Gasteiger partial charge < -0.3 is 11.5 Å². The minimum Gasteiger partial charge on any atom is -0.399 e. The maximum atomic E-state index is 5.92. The highest BCUT2D eigenvalue weighted by Gasteiger charge is 2.11. The second-order valence-electron chi connectivity index (χ2n) is 4.38. The van der Waals surface area contributed by atoms with Gasteiger partial charge in [0.2, 0.25) is 0 Å². The molecule has 0 aromatic heterocycles. The van der Waals surface area contributed by atoms with Crippen LogP contribution in [0.2, 0.25) is 0 Å². The Morgan fingerprint density at radius 1 is 0.750 bits per heavy atom. The lowest BCUT2D eigenvalue weighted by atomic mass is 10.0. The van der Waals surface area contributed by atoms with Gasteiger partial charge in [-0.15, -0.1) is 23.5 Å². The third-order valence-electron chi connectivity index (χ3n) is 2.90. The monoisotopic (exact) mass is 304 g/mol. The van der Waals surface area contributed by atoms with E-state index in [2.05, 4.69) is 38.1 Å². The third kappa shape index (κ3) is 3.44. The molecule has 0 aliphatic heterocycles. The third-order valence-corrected chi connectivity index (χ3v) is 4.78. The molecule has 0 spiro atoms. The zero-order valence-corrected chi connectivity index (χ0v) is 13.5. The molecule has 0 aliphatic rings. The number of rotatable bonds is 5. The van der Waals surface area contributed by atoms with Crippen molar-refractivity contribution in [3.05, 3.63) is 36.4 Å². The summed E-state index contributed by atoms with van der Waals surface area (Å²) >= 11 is 3.64. The van der Waals surface area contributed by atoms with Crippen LogP contribution in [0.25, 0.3) is 11.1 Å². The van der Waals surface area contributed by atoms with Crippen molar-refractivity contribution in [1.29, 1.82) is 0 Å². The van der Waals surface area contributed by atoms with E-state index in [4.69, 9.17) is 11.5 Å². The molecule has 4 N–H and O–H groups in total. The van der Waals surface area contributed by atoms with Crippen molar-refractivity contribution in [1.82, 2.24) is 0 Å². The second-order valence-corrected chi connectivity index (χ2v) is 6.99. The fourth-order valence-corrected chi connectivity index (χ4v) is 3.80. The average molecular weight is 304 g/mol. The van der Waals surface area contributed by atoms with Crippen LogP contribution in [-0.4, -0.2) is 11.5 Å². The van der Waals surface area contributed by atoms with E-state index in [-0.39, 0.29) is 0 Å². The first-order chi connectivity index (χ1) is 9.65. The van der Waals surface area contributed by atoms with Crippen LogP contribution in [0.4, 0.5) is 11.4 Å². The van der Waals surface area contributed by atoms with Crippen molar-refractivity contribution >= 4 is 34.9 Å². The van der Waals surface area contributed by atoms with Gasteiger partial charge in [0, 0.05) is 21.2 Å². The van der Waals surface area contributed by atoms with Gasteiger partial charge in [-0.25, -0.2) is 0 Å². The number of anilines is 2. The fourth-order valence-electron chi connectivity index (χ4n) is 2.07. The van der Waals surface area contributed by atoms with Crippen LogP contribution in [0.3, 0.4) is 0 Å². The van der Waals surface area contributed by atoms with Gasteiger partial charge in [0.25, 0.3) is 0 Å². The topological polar surface area (TPSA) is 52.0 Å². The molecule has 4 heteroatoms. The molecule has 0 fully saturated rings. The Labute approximate surface area is 129 Å². The van der Waals surface area contributed by atoms with E-state index in [0.29, 0.717) is 0 Å². The Morgan fingerprint density at radius 2 is 1.15 bits per heavy atom. The molecule has 106 valence electrons. The molecule has 0 saturated carbocycles. The first-order valence-corrected chi connectivity index (χ1v) is 8.67. The van der Waals surface area contributed by atoms with Crippen LogP contribution in [0.15, 0.2) is 46.2 Å². The van der Waals surface area contributed by atoms with Gasteiger partial charge in [-0.1, -0.05) is 26.0 Å². The SMILES string of the molecule is CCSc1cc(N)ccc1-c1ccc(N)cc1SCC. The normalized spacial score (nSPS) is 10.7. The summed E-state index contributed by atoms with van der Waals surface area (Å²) in [6, 6.07) is 12.3. The van der Waals surface area contributed by atoms with Crippen LogP contribution in [-0.2, 0) is 0 Å². The molecule has 0 radical (unpaired) electrons. The van der Waals surface area contributed by atoms with Gasteiger partial charge in [-0.2, -0.15) is 0 Å². The quantitative estimate of drug-likeness (QED) is 0.618. The molecule has 0 unspecified atom stereocenters. The maximum Gasteiger partial charge on any atom is 0.0325 e. The van der Waals surface area contributed by atoms with Crippen molar-refractivity contribution in [3.63, 3.8) is 0 Å². The van der Waals surface area contributed by atoms with Crippen LogP contribution in [0, 0.1) is 0 Å². The molecule has 0 bridgehead atoms.